The van der Waals surface area contributed by atoms with E-state index in [0.29, 0.717) is 45.8 Å². The van der Waals surface area contributed by atoms with Crippen LogP contribution in [0.5, 0.6) is 0 Å². The highest BCUT2D eigenvalue weighted by atomic mass is 35.5. The van der Waals surface area contributed by atoms with Gasteiger partial charge in [0.2, 0.25) is 5.91 Å². The Bertz CT molecular complexity index is 902. The number of fused-ring (bicyclic) bond motifs is 1. The Morgan fingerprint density at radius 2 is 1.92 bits per heavy atom. The highest BCUT2D eigenvalue weighted by Gasteiger charge is 2.11. The van der Waals surface area contributed by atoms with Gasteiger partial charge in [-0.25, -0.2) is 4.98 Å². The number of nitrogens with one attached hydrogen (secondary N) is 1. The van der Waals surface area contributed by atoms with Crippen LogP contribution in [0.1, 0.15) is 31.7 Å². The van der Waals surface area contributed by atoms with Crippen molar-refractivity contribution in [3.8, 4) is 0 Å². The van der Waals surface area contributed by atoms with E-state index in [9.17, 15) is 4.79 Å². The summed E-state index contributed by atoms with van der Waals surface area (Å²) in [5.74, 6) is 0.919. The Labute approximate surface area is 156 Å². The number of carbonyl (C=O) groups is 1. The van der Waals surface area contributed by atoms with Gasteiger partial charge in [-0.05, 0) is 35.7 Å². The summed E-state index contributed by atoms with van der Waals surface area (Å²) in [6.45, 7) is 4.03. The molecular weight excluding hydrogens is 359 g/mol. The van der Waals surface area contributed by atoms with Crippen molar-refractivity contribution in [2.75, 3.05) is 5.32 Å². The average Bonchev–Trinajstić information content (AvgIpc) is 2.91. The molecule has 0 aliphatic rings. The van der Waals surface area contributed by atoms with Crippen LogP contribution in [0, 0.1) is 5.92 Å². The smallest absolute Gasteiger partial charge is 0.224 e. The first kappa shape index (κ1) is 17.8. The van der Waals surface area contributed by atoms with E-state index >= 15 is 0 Å². The second-order valence-corrected chi connectivity index (χ2v) is 7.21. The van der Waals surface area contributed by atoms with Crippen LogP contribution in [0.25, 0.3) is 11.1 Å². The van der Waals surface area contributed by atoms with Crippen molar-refractivity contribution in [3.63, 3.8) is 0 Å². The fourth-order valence-electron chi connectivity index (χ4n) is 2.54. The third-order valence-corrected chi connectivity index (χ3v) is 4.14. The minimum Gasteiger partial charge on any atom is -0.439 e. The number of aromatic nitrogens is 1. The van der Waals surface area contributed by atoms with Crippen LogP contribution >= 0.6 is 23.2 Å². The lowest BCUT2D eigenvalue weighted by atomic mass is 10.1. The molecule has 6 heteroatoms. The zero-order valence-electron chi connectivity index (χ0n) is 14.0. The zero-order valence-corrected chi connectivity index (χ0v) is 15.5. The quantitative estimate of drug-likeness (QED) is 0.620. The van der Waals surface area contributed by atoms with E-state index in [0.717, 1.165) is 11.3 Å². The van der Waals surface area contributed by atoms with Gasteiger partial charge in [0, 0.05) is 23.6 Å². The predicted octanol–water partition coefficient (Wildman–Crippen LogP) is 5.71. The number of halogens is 2. The molecular formula is C19H18Cl2N2O2. The van der Waals surface area contributed by atoms with Gasteiger partial charge in [0.15, 0.2) is 11.5 Å². The number of benzene rings is 2. The molecule has 0 radical (unpaired) electrons. The van der Waals surface area contributed by atoms with E-state index in [4.69, 9.17) is 27.6 Å². The Morgan fingerprint density at radius 3 is 2.60 bits per heavy atom. The van der Waals surface area contributed by atoms with Crippen molar-refractivity contribution in [2.45, 2.75) is 26.7 Å². The van der Waals surface area contributed by atoms with Gasteiger partial charge in [0.05, 0.1) is 5.02 Å². The normalized spacial score (nSPS) is 11.2. The number of amides is 1. The fourth-order valence-corrected chi connectivity index (χ4v) is 3.07. The van der Waals surface area contributed by atoms with Gasteiger partial charge in [-0.3, -0.25) is 4.79 Å². The first-order valence-electron chi connectivity index (χ1n) is 8.04. The molecule has 3 aromatic rings. The third-order valence-electron chi connectivity index (χ3n) is 3.64. The topological polar surface area (TPSA) is 55.1 Å². The molecule has 0 saturated carbocycles. The second kappa shape index (κ2) is 7.46. The maximum atomic E-state index is 11.8. The minimum atomic E-state index is 0.0215. The molecule has 25 heavy (non-hydrogen) atoms. The van der Waals surface area contributed by atoms with Crippen LogP contribution in [0.3, 0.4) is 0 Å². The summed E-state index contributed by atoms with van der Waals surface area (Å²) in [5.41, 5.74) is 2.99. The van der Waals surface area contributed by atoms with Gasteiger partial charge < -0.3 is 9.73 Å². The Hall–Kier alpha value is -2.04. The molecule has 0 spiro atoms. The number of anilines is 1. The molecule has 4 nitrogen and oxygen atoms in total. The van der Waals surface area contributed by atoms with Gasteiger partial charge >= 0.3 is 0 Å². The van der Waals surface area contributed by atoms with Gasteiger partial charge in [0.25, 0.3) is 0 Å². The standard InChI is InChI=1S/C19H18Cl2N2O2/c1-11(2)7-17(24)22-14-5-3-12(4-6-14)8-18-23-16-10-13(20)9-15(21)19(16)25-18/h3-6,9-11H,7-8H2,1-2H3,(H,22,24). The molecule has 3 rings (SSSR count). The van der Waals surface area contributed by atoms with E-state index in [1.807, 2.05) is 38.1 Å². The van der Waals surface area contributed by atoms with Crippen molar-refractivity contribution < 1.29 is 9.21 Å². The highest BCUT2D eigenvalue weighted by molar-refractivity contribution is 6.37. The van der Waals surface area contributed by atoms with Crippen LogP contribution in [-0.4, -0.2) is 10.9 Å². The van der Waals surface area contributed by atoms with Crippen LogP contribution in [0.15, 0.2) is 40.8 Å². The van der Waals surface area contributed by atoms with Crippen molar-refractivity contribution in [3.05, 3.63) is 57.9 Å². The van der Waals surface area contributed by atoms with Crippen molar-refractivity contribution in [1.82, 2.24) is 4.98 Å². The van der Waals surface area contributed by atoms with Crippen LogP contribution in [-0.2, 0) is 11.2 Å². The van der Waals surface area contributed by atoms with E-state index < -0.39 is 0 Å². The summed E-state index contributed by atoms with van der Waals surface area (Å²) >= 11 is 12.1. The Morgan fingerprint density at radius 1 is 1.20 bits per heavy atom. The van der Waals surface area contributed by atoms with Gasteiger partial charge in [-0.1, -0.05) is 49.2 Å². The Balaban J connectivity index is 1.71. The second-order valence-electron chi connectivity index (χ2n) is 6.36. The maximum absolute atomic E-state index is 11.8. The lowest BCUT2D eigenvalue weighted by Gasteiger charge is -2.07. The van der Waals surface area contributed by atoms with E-state index in [2.05, 4.69) is 10.3 Å². The van der Waals surface area contributed by atoms with E-state index in [1.54, 1.807) is 12.1 Å². The number of hydrogen-bond acceptors (Lipinski definition) is 3. The van der Waals surface area contributed by atoms with Crippen LogP contribution in [0.4, 0.5) is 5.69 Å². The lowest BCUT2D eigenvalue weighted by molar-refractivity contribution is -0.116. The van der Waals surface area contributed by atoms with Gasteiger partial charge in [0.1, 0.15) is 5.52 Å². The molecule has 1 N–H and O–H groups in total. The zero-order chi connectivity index (χ0) is 18.0. The minimum absolute atomic E-state index is 0.0215. The van der Waals surface area contributed by atoms with Crippen molar-refractivity contribution in [1.29, 1.82) is 0 Å². The molecule has 130 valence electrons. The molecule has 0 aliphatic heterocycles. The number of hydrogen-bond donors (Lipinski definition) is 1. The summed E-state index contributed by atoms with van der Waals surface area (Å²) in [6, 6.07) is 11.0. The number of carbonyl (C=O) groups excluding carboxylic acids is 1. The number of rotatable bonds is 5. The van der Waals surface area contributed by atoms with Crippen LogP contribution < -0.4 is 5.32 Å². The monoisotopic (exact) mass is 376 g/mol. The van der Waals surface area contributed by atoms with Gasteiger partial charge in [-0.15, -0.1) is 0 Å². The molecule has 2 aromatic carbocycles. The molecule has 0 unspecified atom stereocenters. The van der Waals surface area contributed by atoms with Gasteiger partial charge in [-0.2, -0.15) is 0 Å². The molecule has 1 amide bonds. The lowest BCUT2D eigenvalue weighted by Crippen LogP contribution is -2.13. The molecule has 0 fully saturated rings. The SMILES string of the molecule is CC(C)CC(=O)Nc1ccc(Cc2nc3cc(Cl)cc(Cl)c3o2)cc1. The molecule has 0 atom stereocenters. The van der Waals surface area contributed by atoms with Crippen LogP contribution in [0.2, 0.25) is 10.0 Å². The fraction of sp³-hybridized carbons (Fsp3) is 0.263. The predicted molar refractivity (Wildman–Crippen MR) is 101 cm³/mol. The molecule has 0 bridgehead atoms. The summed E-state index contributed by atoms with van der Waals surface area (Å²) in [4.78, 5) is 16.2. The first-order chi connectivity index (χ1) is 11.9. The third kappa shape index (κ3) is 4.53. The first-order valence-corrected chi connectivity index (χ1v) is 8.79. The average molecular weight is 377 g/mol. The Kier molecular flexibility index (Phi) is 5.30. The summed E-state index contributed by atoms with van der Waals surface area (Å²) in [6.07, 6.45) is 1.04. The summed E-state index contributed by atoms with van der Waals surface area (Å²) < 4.78 is 5.72. The summed E-state index contributed by atoms with van der Waals surface area (Å²) in [7, 11) is 0. The number of oxazole rings is 1. The highest BCUT2D eigenvalue weighted by Crippen LogP contribution is 2.29. The number of nitrogens with zero attached hydrogens (tertiary/aromatic N) is 1. The molecule has 1 aromatic heterocycles. The molecule has 1 heterocycles. The van der Waals surface area contributed by atoms with Crippen molar-refractivity contribution in [2.24, 2.45) is 5.92 Å². The van der Waals surface area contributed by atoms with Crippen molar-refractivity contribution >= 4 is 45.9 Å². The largest absolute Gasteiger partial charge is 0.439 e. The van der Waals surface area contributed by atoms with E-state index in [-0.39, 0.29) is 5.91 Å². The molecule has 0 aliphatic carbocycles. The molecule has 0 saturated heterocycles. The summed E-state index contributed by atoms with van der Waals surface area (Å²) in [5, 5.41) is 3.86. The van der Waals surface area contributed by atoms with E-state index in [1.165, 1.54) is 0 Å². The maximum Gasteiger partial charge on any atom is 0.224 e.